The van der Waals surface area contributed by atoms with Crippen molar-refractivity contribution in [1.82, 2.24) is 20.4 Å². The molecule has 1 saturated heterocycles. The molecule has 1 aliphatic heterocycles. The predicted molar refractivity (Wildman–Crippen MR) is 68.5 cm³/mol. The van der Waals surface area contributed by atoms with Gasteiger partial charge in [-0.2, -0.15) is 4.98 Å². The van der Waals surface area contributed by atoms with Gasteiger partial charge in [0.1, 0.15) is 0 Å². The molecule has 0 aromatic carbocycles. The highest BCUT2D eigenvalue weighted by Gasteiger charge is 2.22. The highest BCUT2D eigenvalue weighted by Crippen LogP contribution is 2.26. The minimum absolute atomic E-state index is 0.185. The van der Waals surface area contributed by atoms with E-state index in [2.05, 4.69) is 20.4 Å². The van der Waals surface area contributed by atoms with E-state index in [0.717, 1.165) is 18.7 Å². The van der Waals surface area contributed by atoms with Crippen molar-refractivity contribution in [3.8, 4) is 11.7 Å². The number of aromatic nitrogens is 3. The molecule has 0 amide bonds. The second-order valence-electron chi connectivity index (χ2n) is 4.96. The van der Waals surface area contributed by atoms with E-state index in [1.54, 1.807) is 6.92 Å². The molecule has 1 unspecified atom stereocenters. The molecule has 3 heterocycles. The van der Waals surface area contributed by atoms with Gasteiger partial charge in [-0.25, -0.2) is 4.98 Å². The third-order valence-electron chi connectivity index (χ3n) is 3.41. The lowest BCUT2D eigenvalue weighted by atomic mass is 10.1. The molecule has 2 aromatic heterocycles. The normalized spacial score (nSPS) is 20.4. The van der Waals surface area contributed by atoms with Gasteiger partial charge in [-0.15, -0.1) is 0 Å². The van der Waals surface area contributed by atoms with Crippen LogP contribution in [-0.2, 0) is 0 Å². The molecule has 1 N–H and O–H groups in total. The Balaban J connectivity index is 1.84. The first-order valence-corrected chi connectivity index (χ1v) is 6.75. The van der Waals surface area contributed by atoms with E-state index in [4.69, 9.17) is 8.94 Å². The Labute approximate surface area is 111 Å². The summed E-state index contributed by atoms with van der Waals surface area (Å²) in [6.07, 6.45) is 4.71. The van der Waals surface area contributed by atoms with Gasteiger partial charge in [-0.1, -0.05) is 18.0 Å². The largest absolute Gasteiger partial charge is 0.436 e. The Hall–Kier alpha value is -1.69. The zero-order chi connectivity index (χ0) is 13.2. The third kappa shape index (κ3) is 2.53. The van der Waals surface area contributed by atoms with Gasteiger partial charge in [0.05, 0.1) is 11.7 Å². The van der Waals surface area contributed by atoms with E-state index in [9.17, 15) is 0 Å². The zero-order valence-corrected chi connectivity index (χ0v) is 11.3. The van der Waals surface area contributed by atoms with Crippen LogP contribution in [0.5, 0.6) is 0 Å². The first-order chi connectivity index (χ1) is 9.24. The molecule has 6 heteroatoms. The fraction of sp³-hybridized carbons (Fsp3) is 0.615. The minimum atomic E-state index is 0.185. The molecule has 0 spiro atoms. The maximum atomic E-state index is 5.50. The second kappa shape index (κ2) is 5.13. The van der Waals surface area contributed by atoms with Crippen molar-refractivity contribution < 1.29 is 8.94 Å². The number of nitrogens with zero attached hydrogens (tertiary/aromatic N) is 3. The summed E-state index contributed by atoms with van der Waals surface area (Å²) in [4.78, 5) is 8.66. The summed E-state index contributed by atoms with van der Waals surface area (Å²) in [7, 11) is 0. The van der Waals surface area contributed by atoms with E-state index >= 15 is 0 Å². The van der Waals surface area contributed by atoms with Gasteiger partial charge in [0, 0.05) is 6.92 Å². The highest BCUT2D eigenvalue weighted by atomic mass is 16.5. The summed E-state index contributed by atoms with van der Waals surface area (Å²) in [5.74, 6) is 2.31. The highest BCUT2D eigenvalue weighted by molar-refractivity contribution is 5.47. The van der Waals surface area contributed by atoms with Crippen molar-refractivity contribution in [2.24, 2.45) is 0 Å². The fourth-order valence-corrected chi connectivity index (χ4v) is 2.45. The van der Waals surface area contributed by atoms with Crippen LogP contribution in [0.1, 0.15) is 49.1 Å². The first-order valence-electron chi connectivity index (χ1n) is 6.75. The SMILES string of the molecule is Cc1nc(C)c(-c2nc(C3CCCCCN3)no2)o1. The fourth-order valence-electron chi connectivity index (χ4n) is 2.45. The third-order valence-corrected chi connectivity index (χ3v) is 3.41. The van der Waals surface area contributed by atoms with Crippen molar-refractivity contribution in [1.29, 1.82) is 0 Å². The molecule has 19 heavy (non-hydrogen) atoms. The summed E-state index contributed by atoms with van der Waals surface area (Å²) in [5.41, 5.74) is 0.779. The molecule has 1 atom stereocenters. The number of nitrogens with one attached hydrogen (secondary N) is 1. The maximum Gasteiger partial charge on any atom is 0.295 e. The molecule has 3 rings (SSSR count). The lowest BCUT2D eigenvalue weighted by Crippen LogP contribution is -2.21. The number of hydrogen-bond acceptors (Lipinski definition) is 6. The quantitative estimate of drug-likeness (QED) is 0.896. The monoisotopic (exact) mass is 262 g/mol. The van der Waals surface area contributed by atoms with E-state index in [1.165, 1.54) is 19.3 Å². The van der Waals surface area contributed by atoms with Gasteiger partial charge >= 0.3 is 0 Å². The van der Waals surface area contributed by atoms with Crippen molar-refractivity contribution in [2.45, 2.75) is 45.6 Å². The van der Waals surface area contributed by atoms with Gasteiger partial charge in [0.25, 0.3) is 5.89 Å². The lowest BCUT2D eigenvalue weighted by molar-refractivity contribution is 0.391. The smallest absolute Gasteiger partial charge is 0.295 e. The molecular weight excluding hydrogens is 244 g/mol. The van der Waals surface area contributed by atoms with Crippen molar-refractivity contribution in [2.75, 3.05) is 6.54 Å². The molecule has 6 nitrogen and oxygen atoms in total. The summed E-state index contributed by atoms with van der Waals surface area (Å²) >= 11 is 0. The number of hydrogen-bond donors (Lipinski definition) is 1. The van der Waals surface area contributed by atoms with Crippen LogP contribution in [0.4, 0.5) is 0 Å². The minimum Gasteiger partial charge on any atom is -0.436 e. The Morgan fingerprint density at radius 3 is 2.84 bits per heavy atom. The molecule has 1 aliphatic rings. The van der Waals surface area contributed by atoms with Crippen LogP contribution < -0.4 is 5.32 Å². The molecule has 1 fully saturated rings. The Morgan fingerprint density at radius 2 is 2.05 bits per heavy atom. The molecule has 102 valence electrons. The van der Waals surface area contributed by atoms with E-state index in [0.29, 0.717) is 23.4 Å². The van der Waals surface area contributed by atoms with E-state index in [-0.39, 0.29) is 6.04 Å². The number of rotatable bonds is 2. The molecule has 2 aromatic rings. The summed E-state index contributed by atoms with van der Waals surface area (Å²) in [6.45, 7) is 4.69. The van der Waals surface area contributed by atoms with E-state index in [1.807, 2.05) is 6.92 Å². The lowest BCUT2D eigenvalue weighted by Gasteiger charge is -2.09. The molecule has 0 bridgehead atoms. The van der Waals surface area contributed by atoms with E-state index < -0.39 is 0 Å². The van der Waals surface area contributed by atoms with Crippen LogP contribution in [0.3, 0.4) is 0 Å². The maximum absolute atomic E-state index is 5.50. The number of aryl methyl sites for hydroxylation is 2. The van der Waals surface area contributed by atoms with Crippen molar-refractivity contribution in [3.63, 3.8) is 0 Å². The molecule has 0 aliphatic carbocycles. The second-order valence-corrected chi connectivity index (χ2v) is 4.96. The van der Waals surface area contributed by atoms with Crippen molar-refractivity contribution in [3.05, 3.63) is 17.4 Å². The van der Waals surface area contributed by atoms with Crippen molar-refractivity contribution >= 4 is 0 Å². The van der Waals surface area contributed by atoms with Gasteiger partial charge in [0.2, 0.25) is 5.76 Å². The average Bonchev–Trinajstić information content (AvgIpc) is 2.88. The van der Waals surface area contributed by atoms with Gasteiger partial charge in [0.15, 0.2) is 11.7 Å². The summed E-state index contributed by atoms with van der Waals surface area (Å²) in [6, 6.07) is 0.185. The van der Waals surface area contributed by atoms with Gasteiger partial charge in [-0.3, -0.25) is 0 Å². The predicted octanol–water partition coefficient (Wildman–Crippen LogP) is 2.55. The summed E-state index contributed by atoms with van der Waals surface area (Å²) in [5, 5.41) is 7.52. The van der Waals surface area contributed by atoms with Crippen LogP contribution in [0.2, 0.25) is 0 Å². The number of oxazole rings is 1. The first kappa shape index (κ1) is 12.3. The van der Waals surface area contributed by atoms with Crippen LogP contribution in [0, 0.1) is 13.8 Å². The summed E-state index contributed by atoms with van der Waals surface area (Å²) < 4.78 is 10.8. The van der Waals surface area contributed by atoms with Gasteiger partial charge in [-0.05, 0) is 26.3 Å². The van der Waals surface area contributed by atoms with Crippen LogP contribution in [0.25, 0.3) is 11.7 Å². The Morgan fingerprint density at radius 1 is 1.16 bits per heavy atom. The molecule has 0 radical (unpaired) electrons. The molecule has 0 saturated carbocycles. The standard InChI is InChI=1S/C13H18N4O2/c1-8-11(18-9(2)15-8)13-16-12(17-19-13)10-6-4-3-5-7-14-10/h10,14H,3-7H2,1-2H3. The zero-order valence-electron chi connectivity index (χ0n) is 11.3. The van der Waals surface area contributed by atoms with Crippen LogP contribution >= 0.6 is 0 Å². The van der Waals surface area contributed by atoms with Crippen LogP contribution in [0.15, 0.2) is 8.94 Å². The molecular formula is C13H18N4O2. The Kier molecular flexibility index (Phi) is 3.33. The van der Waals surface area contributed by atoms with Gasteiger partial charge < -0.3 is 14.3 Å². The van der Waals surface area contributed by atoms with Crippen LogP contribution in [-0.4, -0.2) is 21.7 Å². The topological polar surface area (TPSA) is 77.0 Å². The Bertz CT molecular complexity index is 553. The average molecular weight is 262 g/mol.